The lowest BCUT2D eigenvalue weighted by Crippen LogP contribution is -2.09. The van der Waals surface area contributed by atoms with Gasteiger partial charge in [0.25, 0.3) is 0 Å². The van der Waals surface area contributed by atoms with Crippen LogP contribution in [-0.4, -0.2) is 15.9 Å². The summed E-state index contributed by atoms with van der Waals surface area (Å²) in [6, 6.07) is 0. The molecular formula is C5H2F6S3. The summed E-state index contributed by atoms with van der Waals surface area (Å²) in [6.07, 6.45) is -4.63. The predicted molar refractivity (Wildman–Crippen MR) is 49.4 cm³/mol. The number of thiol groups is 1. The SMILES string of the molecule is FC(F)(F)SC(=S)/C=C(\S)C(F)(F)F. The van der Waals surface area contributed by atoms with E-state index in [1.165, 1.54) is 0 Å². The molecule has 0 aliphatic carbocycles. The Kier molecular flexibility index (Phi) is 4.79. The third-order valence-corrected chi connectivity index (χ3v) is 2.06. The molecule has 0 rings (SSSR count). The Bertz CT molecular complexity index is 249. The number of allylic oxidation sites excluding steroid dienone is 1. The predicted octanol–water partition coefficient (Wildman–Crippen LogP) is 3.94. The van der Waals surface area contributed by atoms with Gasteiger partial charge >= 0.3 is 11.7 Å². The van der Waals surface area contributed by atoms with Crippen molar-refractivity contribution in [2.24, 2.45) is 0 Å². The lowest BCUT2D eigenvalue weighted by molar-refractivity contribution is -0.0833. The zero-order valence-corrected chi connectivity index (χ0v) is 8.64. The lowest BCUT2D eigenvalue weighted by atomic mass is 10.5. The molecule has 0 radical (unpaired) electrons. The molecule has 0 nitrogen and oxygen atoms in total. The van der Waals surface area contributed by atoms with E-state index < -0.39 is 32.5 Å². The monoisotopic (exact) mass is 272 g/mol. The largest absolute Gasteiger partial charge is 0.447 e. The van der Waals surface area contributed by atoms with Crippen LogP contribution in [0.15, 0.2) is 11.0 Å². The van der Waals surface area contributed by atoms with Gasteiger partial charge < -0.3 is 0 Å². The normalized spacial score (nSPS) is 14.4. The van der Waals surface area contributed by atoms with Crippen molar-refractivity contribution in [3.05, 3.63) is 11.0 Å². The van der Waals surface area contributed by atoms with Gasteiger partial charge in [0, 0.05) is 0 Å². The van der Waals surface area contributed by atoms with Crippen LogP contribution in [0.1, 0.15) is 0 Å². The van der Waals surface area contributed by atoms with Crippen molar-refractivity contribution in [1.82, 2.24) is 0 Å². The molecule has 0 spiro atoms. The molecule has 0 N–H and O–H groups in total. The minimum atomic E-state index is -4.78. The van der Waals surface area contributed by atoms with Crippen LogP contribution in [0, 0.1) is 0 Å². The van der Waals surface area contributed by atoms with Gasteiger partial charge in [0.05, 0.1) is 9.10 Å². The Morgan fingerprint density at radius 3 is 1.86 bits per heavy atom. The van der Waals surface area contributed by atoms with E-state index in [1.807, 2.05) is 0 Å². The summed E-state index contributed by atoms with van der Waals surface area (Å²) in [5.74, 6) is 0. The second-order valence-corrected chi connectivity index (χ2v) is 4.18. The molecule has 0 atom stereocenters. The minimum Gasteiger partial charge on any atom is -0.166 e. The Labute approximate surface area is 90.1 Å². The smallest absolute Gasteiger partial charge is 0.166 e. The molecule has 0 aromatic carbocycles. The first-order valence-electron chi connectivity index (χ1n) is 2.80. The van der Waals surface area contributed by atoms with Crippen molar-refractivity contribution in [1.29, 1.82) is 0 Å². The summed E-state index contributed by atoms with van der Waals surface area (Å²) >= 11 is 6.24. The second kappa shape index (κ2) is 4.75. The van der Waals surface area contributed by atoms with Crippen molar-refractivity contribution in [2.75, 3.05) is 0 Å². The molecular weight excluding hydrogens is 270 g/mol. The minimum absolute atomic E-state index is 0.149. The number of hydrogen-bond acceptors (Lipinski definition) is 3. The quantitative estimate of drug-likeness (QED) is 0.332. The van der Waals surface area contributed by atoms with E-state index in [-0.39, 0.29) is 6.08 Å². The van der Waals surface area contributed by atoms with Crippen LogP contribution in [0.3, 0.4) is 0 Å². The van der Waals surface area contributed by atoms with Crippen LogP contribution in [0.2, 0.25) is 0 Å². The van der Waals surface area contributed by atoms with E-state index in [0.717, 1.165) is 0 Å². The molecule has 0 aliphatic heterocycles. The first kappa shape index (κ1) is 14.1. The first-order valence-corrected chi connectivity index (χ1v) is 4.47. The highest BCUT2D eigenvalue weighted by atomic mass is 32.2. The number of thioether (sulfide) groups is 1. The van der Waals surface area contributed by atoms with Crippen LogP contribution < -0.4 is 0 Å². The molecule has 0 saturated carbocycles. The van der Waals surface area contributed by atoms with Crippen molar-refractivity contribution in [3.8, 4) is 0 Å². The highest BCUT2D eigenvalue weighted by Crippen LogP contribution is 2.34. The molecule has 82 valence electrons. The van der Waals surface area contributed by atoms with E-state index in [9.17, 15) is 26.3 Å². The molecule has 0 heterocycles. The van der Waals surface area contributed by atoms with Gasteiger partial charge in [-0.05, 0) is 17.8 Å². The van der Waals surface area contributed by atoms with Crippen molar-refractivity contribution < 1.29 is 26.3 Å². The van der Waals surface area contributed by atoms with Gasteiger partial charge in [0.15, 0.2) is 0 Å². The van der Waals surface area contributed by atoms with Gasteiger partial charge in [-0.2, -0.15) is 26.3 Å². The average molecular weight is 272 g/mol. The molecule has 0 aliphatic rings. The zero-order valence-electron chi connectivity index (χ0n) is 6.11. The molecule has 0 amide bonds. The first-order chi connectivity index (χ1) is 6.02. The lowest BCUT2D eigenvalue weighted by Gasteiger charge is -2.07. The number of rotatable bonds is 1. The topological polar surface area (TPSA) is 0 Å². The van der Waals surface area contributed by atoms with Crippen LogP contribution in [-0.2, 0) is 0 Å². The summed E-state index contributed by atoms with van der Waals surface area (Å²) in [6.45, 7) is 0. The van der Waals surface area contributed by atoms with E-state index in [4.69, 9.17) is 0 Å². The molecule has 9 heteroatoms. The van der Waals surface area contributed by atoms with Gasteiger partial charge in [0.2, 0.25) is 0 Å². The number of thiocarbonyl (C=S) groups is 1. The van der Waals surface area contributed by atoms with Crippen LogP contribution in [0.4, 0.5) is 26.3 Å². The summed E-state index contributed by atoms with van der Waals surface area (Å²) in [7, 11) is 0. The molecule has 0 aromatic heterocycles. The van der Waals surface area contributed by atoms with Gasteiger partial charge in [0.1, 0.15) is 0 Å². The van der Waals surface area contributed by atoms with E-state index in [0.29, 0.717) is 0 Å². The maximum Gasteiger partial charge on any atom is 0.447 e. The number of halogens is 6. The average Bonchev–Trinajstić information content (AvgIpc) is 1.79. The third kappa shape index (κ3) is 6.55. The second-order valence-electron chi connectivity index (χ2n) is 1.89. The fourth-order valence-corrected chi connectivity index (χ4v) is 1.45. The summed E-state index contributed by atoms with van der Waals surface area (Å²) in [5.41, 5.74) is -4.69. The molecule has 0 unspecified atom stereocenters. The molecule has 0 bridgehead atoms. The van der Waals surface area contributed by atoms with Gasteiger partial charge in [-0.25, -0.2) is 0 Å². The van der Waals surface area contributed by atoms with Crippen LogP contribution >= 0.6 is 36.6 Å². The third-order valence-electron chi connectivity index (χ3n) is 0.761. The van der Waals surface area contributed by atoms with Gasteiger partial charge in [-0.1, -0.05) is 12.2 Å². The van der Waals surface area contributed by atoms with Crippen molar-refractivity contribution in [2.45, 2.75) is 11.7 Å². The van der Waals surface area contributed by atoms with Gasteiger partial charge in [-0.15, -0.1) is 12.6 Å². The molecule has 0 aromatic rings. The Morgan fingerprint density at radius 2 is 1.57 bits per heavy atom. The summed E-state index contributed by atoms with van der Waals surface area (Å²) in [4.78, 5) is -1.46. The Morgan fingerprint density at radius 1 is 1.14 bits per heavy atom. The van der Waals surface area contributed by atoms with Crippen LogP contribution in [0.25, 0.3) is 0 Å². The standard InChI is InChI=1S/C5H2F6S3/c6-4(7,8)2(12)1-3(13)14-5(9,10)11/h1,12H/b2-1-. The number of alkyl halides is 6. The summed E-state index contributed by atoms with van der Waals surface area (Å²) < 4.78 is 69.1. The van der Waals surface area contributed by atoms with E-state index in [2.05, 4.69) is 24.8 Å². The van der Waals surface area contributed by atoms with Gasteiger partial charge in [-0.3, -0.25) is 0 Å². The molecule has 14 heavy (non-hydrogen) atoms. The van der Waals surface area contributed by atoms with Crippen molar-refractivity contribution >= 4 is 40.8 Å². The van der Waals surface area contributed by atoms with E-state index in [1.54, 1.807) is 0 Å². The maximum atomic E-state index is 11.7. The van der Waals surface area contributed by atoms with E-state index >= 15 is 0 Å². The maximum absolute atomic E-state index is 11.7. The zero-order chi connectivity index (χ0) is 11.6. The molecule has 0 fully saturated rings. The molecule has 0 saturated heterocycles. The fraction of sp³-hybridized carbons (Fsp3) is 0.400. The number of hydrogen-bond donors (Lipinski definition) is 1. The summed E-state index contributed by atoms with van der Waals surface area (Å²) in [5, 5.41) is 0. The highest BCUT2D eigenvalue weighted by Gasteiger charge is 2.34. The van der Waals surface area contributed by atoms with Crippen LogP contribution in [0.5, 0.6) is 0 Å². The fourth-order valence-electron chi connectivity index (χ4n) is 0.337. The highest BCUT2D eigenvalue weighted by molar-refractivity contribution is 8.24. The Balaban J connectivity index is 4.46. The van der Waals surface area contributed by atoms with Crippen molar-refractivity contribution in [3.63, 3.8) is 0 Å². The Hall–Kier alpha value is 0.110.